The van der Waals surface area contributed by atoms with Crippen LogP contribution in [0, 0.1) is 0 Å². The van der Waals surface area contributed by atoms with Crippen LogP contribution in [-0.4, -0.2) is 18.5 Å². The molecular weight excluding hydrogens is 276 g/mol. The van der Waals surface area contributed by atoms with E-state index >= 15 is 0 Å². The van der Waals surface area contributed by atoms with Crippen LogP contribution in [0.25, 0.3) is 0 Å². The summed E-state index contributed by atoms with van der Waals surface area (Å²) in [6.45, 7) is 1.83. The van der Waals surface area contributed by atoms with E-state index < -0.39 is 10.0 Å². The van der Waals surface area contributed by atoms with Gasteiger partial charge in [-0.05, 0) is 24.1 Å². The molecule has 5 nitrogen and oxygen atoms in total. The van der Waals surface area contributed by atoms with Gasteiger partial charge >= 0.3 is 0 Å². The van der Waals surface area contributed by atoms with Gasteiger partial charge in [0, 0.05) is 11.9 Å². The fourth-order valence-corrected chi connectivity index (χ4v) is 3.09. The van der Waals surface area contributed by atoms with E-state index in [0.29, 0.717) is 11.4 Å². The third-order valence-electron chi connectivity index (χ3n) is 2.98. The van der Waals surface area contributed by atoms with Gasteiger partial charge in [0.1, 0.15) is 4.90 Å². The first kappa shape index (κ1) is 14.6. The van der Waals surface area contributed by atoms with E-state index in [9.17, 15) is 8.42 Å². The predicted molar refractivity (Wildman–Crippen MR) is 78.0 cm³/mol. The summed E-state index contributed by atoms with van der Waals surface area (Å²) in [5.41, 5.74) is 2.03. The van der Waals surface area contributed by atoms with Gasteiger partial charge in [0.25, 0.3) is 10.0 Å². The fourth-order valence-electron chi connectivity index (χ4n) is 1.98. The monoisotopic (exact) mass is 294 g/mol. The van der Waals surface area contributed by atoms with Crippen molar-refractivity contribution in [2.24, 2.45) is 0 Å². The molecule has 108 valence electrons. The van der Waals surface area contributed by atoms with Crippen LogP contribution in [0.1, 0.15) is 24.6 Å². The van der Waals surface area contributed by atoms with Crippen molar-refractivity contribution in [1.29, 1.82) is 0 Å². The number of benzene rings is 1. The number of sulfonamides is 1. The molecule has 0 radical (unpaired) electrons. The van der Waals surface area contributed by atoms with Crippen molar-refractivity contribution in [3.63, 3.8) is 0 Å². The van der Waals surface area contributed by atoms with E-state index in [4.69, 9.17) is 5.11 Å². The molecule has 1 aromatic heterocycles. The zero-order valence-corrected chi connectivity index (χ0v) is 12.1. The van der Waals surface area contributed by atoms with Crippen LogP contribution in [0.15, 0.2) is 41.4 Å². The lowest BCUT2D eigenvalue weighted by Crippen LogP contribution is -2.13. The van der Waals surface area contributed by atoms with Crippen LogP contribution in [0.5, 0.6) is 0 Å². The quantitative estimate of drug-likeness (QED) is 0.764. The highest BCUT2D eigenvalue weighted by Gasteiger charge is 2.17. The minimum absolute atomic E-state index is 0.118. The largest absolute Gasteiger partial charge is 0.390 e. The standard InChI is InChI=1S/C14H18N2O3S/c1-2-5-11-6-3-4-7-14(11)16-20(18,19)13-8-12(10-17)15-9-13/h3-4,6-9,15-17H,2,5,10H2,1H3. The van der Waals surface area contributed by atoms with Gasteiger partial charge < -0.3 is 10.1 Å². The Kier molecular flexibility index (Phi) is 4.46. The summed E-state index contributed by atoms with van der Waals surface area (Å²) < 4.78 is 27.1. The first-order valence-electron chi connectivity index (χ1n) is 6.45. The van der Waals surface area contributed by atoms with Gasteiger partial charge in [-0.3, -0.25) is 4.72 Å². The first-order chi connectivity index (χ1) is 9.56. The molecule has 0 saturated carbocycles. The zero-order chi connectivity index (χ0) is 14.6. The summed E-state index contributed by atoms with van der Waals surface area (Å²) in [5, 5.41) is 8.97. The van der Waals surface area contributed by atoms with Crippen molar-refractivity contribution >= 4 is 15.7 Å². The SMILES string of the molecule is CCCc1ccccc1NS(=O)(=O)c1c[nH]c(CO)c1. The molecule has 3 N–H and O–H groups in total. The Hall–Kier alpha value is -1.79. The zero-order valence-electron chi connectivity index (χ0n) is 11.3. The number of aromatic amines is 1. The normalized spacial score (nSPS) is 11.5. The van der Waals surface area contributed by atoms with Crippen molar-refractivity contribution in [2.45, 2.75) is 31.3 Å². The molecular formula is C14H18N2O3S. The third-order valence-corrected chi connectivity index (χ3v) is 4.32. The van der Waals surface area contributed by atoms with Crippen LogP contribution < -0.4 is 4.72 Å². The Morgan fingerprint density at radius 2 is 2.05 bits per heavy atom. The number of aliphatic hydroxyl groups is 1. The van der Waals surface area contributed by atoms with E-state index in [1.807, 2.05) is 19.1 Å². The van der Waals surface area contributed by atoms with Crippen molar-refractivity contribution in [3.8, 4) is 0 Å². The highest BCUT2D eigenvalue weighted by molar-refractivity contribution is 7.92. The van der Waals surface area contributed by atoms with E-state index in [1.54, 1.807) is 12.1 Å². The molecule has 0 fully saturated rings. The summed E-state index contributed by atoms with van der Waals surface area (Å²) in [7, 11) is -3.64. The third kappa shape index (κ3) is 3.20. The molecule has 0 aliphatic rings. The molecule has 2 aromatic rings. The van der Waals surface area contributed by atoms with Crippen molar-refractivity contribution in [1.82, 2.24) is 4.98 Å². The molecule has 0 saturated heterocycles. The van der Waals surface area contributed by atoms with Crippen LogP contribution >= 0.6 is 0 Å². The molecule has 20 heavy (non-hydrogen) atoms. The molecule has 0 bridgehead atoms. The lowest BCUT2D eigenvalue weighted by Gasteiger charge is -2.11. The second kappa shape index (κ2) is 6.11. The average molecular weight is 294 g/mol. The van der Waals surface area contributed by atoms with E-state index in [2.05, 4.69) is 9.71 Å². The molecule has 0 aliphatic carbocycles. The van der Waals surface area contributed by atoms with E-state index in [0.717, 1.165) is 18.4 Å². The van der Waals surface area contributed by atoms with E-state index in [-0.39, 0.29) is 11.5 Å². The number of rotatable bonds is 6. The summed E-state index contributed by atoms with van der Waals surface area (Å²) in [6, 6.07) is 8.78. The number of aryl methyl sites for hydroxylation is 1. The summed E-state index contributed by atoms with van der Waals surface area (Å²) in [5.74, 6) is 0. The lowest BCUT2D eigenvalue weighted by atomic mass is 10.1. The second-order valence-electron chi connectivity index (χ2n) is 4.53. The maximum absolute atomic E-state index is 12.3. The van der Waals surface area contributed by atoms with Gasteiger partial charge in [0.2, 0.25) is 0 Å². The number of aromatic nitrogens is 1. The van der Waals surface area contributed by atoms with Gasteiger partial charge in [-0.25, -0.2) is 8.42 Å². The van der Waals surface area contributed by atoms with Gasteiger partial charge in [-0.1, -0.05) is 31.5 Å². The summed E-state index contributed by atoms with van der Waals surface area (Å²) >= 11 is 0. The Balaban J connectivity index is 2.28. The molecule has 0 unspecified atom stereocenters. The summed E-state index contributed by atoms with van der Waals surface area (Å²) in [6.07, 6.45) is 3.13. The molecule has 0 aliphatic heterocycles. The van der Waals surface area contributed by atoms with Gasteiger partial charge in [0.05, 0.1) is 12.3 Å². The second-order valence-corrected chi connectivity index (χ2v) is 6.21. The predicted octanol–water partition coefficient (Wildman–Crippen LogP) is 2.26. The Morgan fingerprint density at radius 3 is 2.70 bits per heavy atom. The number of para-hydroxylation sites is 1. The number of hydrogen-bond acceptors (Lipinski definition) is 3. The topological polar surface area (TPSA) is 82.2 Å². The highest BCUT2D eigenvalue weighted by atomic mass is 32.2. The van der Waals surface area contributed by atoms with Gasteiger partial charge in [-0.2, -0.15) is 0 Å². The lowest BCUT2D eigenvalue weighted by molar-refractivity contribution is 0.277. The van der Waals surface area contributed by atoms with Crippen molar-refractivity contribution < 1.29 is 13.5 Å². The van der Waals surface area contributed by atoms with Gasteiger partial charge in [-0.15, -0.1) is 0 Å². The van der Waals surface area contributed by atoms with Crippen LogP contribution in [0.2, 0.25) is 0 Å². The molecule has 0 spiro atoms. The van der Waals surface area contributed by atoms with Crippen molar-refractivity contribution in [2.75, 3.05) is 4.72 Å². The maximum Gasteiger partial charge on any atom is 0.263 e. The number of aliphatic hydroxyl groups excluding tert-OH is 1. The molecule has 0 atom stereocenters. The molecule has 0 amide bonds. The van der Waals surface area contributed by atoms with Crippen LogP contribution in [-0.2, 0) is 23.1 Å². The van der Waals surface area contributed by atoms with Gasteiger partial charge in [0.15, 0.2) is 0 Å². The summed E-state index contributed by atoms with van der Waals surface area (Å²) in [4.78, 5) is 2.84. The molecule has 1 heterocycles. The Bertz CT molecular complexity index is 677. The first-order valence-corrected chi connectivity index (χ1v) is 7.94. The minimum Gasteiger partial charge on any atom is -0.390 e. The Morgan fingerprint density at radius 1 is 1.30 bits per heavy atom. The van der Waals surface area contributed by atoms with Crippen molar-refractivity contribution in [3.05, 3.63) is 47.8 Å². The smallest absolute Gasteiger partial charge is 0.263 e. The van der Waals surface area contributed by atoms with Crippen LogP contribution in [0.4, 0.5) is 5.69 Å². The maximum atomic E-state index is 12.3. The average Bonchev–Trinajstić information content (AvgIpc) is 2.91. The fraction of sp³-hybridized carbons (Fsp3) is 0.286. The molecule has 1 aromatic carbocycles. The number of H-pyrrole nitrogens is 1. The number of nitrogens with one attached hydrogen (secondary N) is 2. The molecule has 2 rings (SSSR count). The number of anilines is 1. The Labute approximate surface area is 118 Å². The minimum atomic E-state index is -3.64. The number of hydrogen-bond donors (Lipinski definition) is 3. The van der Waals surface area contributed by atoms with Crippen LogP contribution in [0.3, 0.4) is 0 Å². The highest BCUT2D eigenvalue weighted by Crippen LogP contribution is 2.21. The van der Waals surface area contributed by atoms with E-state index in [1.165, 1.54) is 12.3 Å². The molecule has 6 heteroatoms.